The van der Waals surface area contributed by atoms with Crippen LogP contribution in [0.25, 0.3) is 0 Å². The van der Waals surface area contributed by atoms with Crippen molar-refractivity contribution >= 4 is 11.8 Å². The summed E-state index contributed by atoms with van der Waals surface area (Å²) in [7, 11) is 0. The fraction of sp³-hybridized carbons (Fsp3) is 0.600. The quantitative estimate of drug-likeness (QED) is 0.463. The summed E-state index contributed by atoms with van der Waals surface area (Å²) in [6.45, 7) is 2.00. The van der Waals surface area contributed by atoms with E-state index in [0.717, 1.165) is 0 Å². The lowest BCUT2D eigenvalue weighted by molar-refractivity contribution is -0.138. The lowest BCUT2D eigenvalue weighted by Gasteiger charge is -2.43. The summed E-state index contributed by atoms with van der Waals surface area (Å²) in [5, 5.41) is 10.6. The molecule has 1 aliphatic rings. The minimum Gasteiger partial charge on any atom is -0.388 e. The largest absolute Gasteiger partial charge is 0.388 e. The molecule has 10 nitrogen and oxygen atoms in total. The second-order valence-corrected chi connectivity index (χ2v) is 6.53. The fourth-order valence-electron chi connectivity index (χ4n) is 2.89. The minimum absolute atomic E-state index is 0.0412. The summed E-state index contributed by atoms with van der Waals surface area (Å²) >= 11 is 0. The molecule has 0 spiro atoms. The van der Waals surface area contributed by atoms with Crippen LogP contribution in [-0.4, -0.2) is 56.1 Å². The summed E-state index contributed by atoms with van der Waals surface area (Å²) in [6, 6.07) is -0.418. The highest BCUT2D eigenvalue weighted by atomic mass is 16.3. The van der Waals surface area contributed by atoms with Crippen LogP contribution in [-0.2, 0) is 9.59 Å². The van der Waals surface area contributed by atoms with Crippen molar-refractivity contribution in [1.29, 1.82) is 0 Å². The van der Waals surface area contributed by atoms with E-state index in [4.69, 9.17) is 11.5 Å². The van der Waals surface area contributed by atoms with E-state index in [-0.39, 0.29) is 31.7 Å². The van der Waals surface area contributed by atoms with Gasteiger partial charge in [-0.1, -0.05) is 0 Å². The van der Waals surface area contributed by atoms with E-state index in [0.29, 0.717) is 6.54 Å². The van der Waals surface area contributed by atoms with Gasteiger partial charge in [0.25, 0.3) is 5.56 Å². The maximum Gasteiger partial charge on any atom is 0.328 e. The number of likely N-dealkylation sites (tertiary alicyclic amines) is 1. The molecule has 138 valence electrons. The van der Waals surface area contributed by atoms with Crippen LogP contribution in [0.5, 0.6) is 0 Å². The van der Waals surface area contributed by atoms with Crippen LogP contribution in [0.3, 0.4) is 0 Å². The van der Waals surface area contributed by atoms with Crippen LogP contribution in [0.15, 0.2) is 21.9 Å². The number of H-pyrrole nitrogens is 1. The number of amides is 2. The number of nitrogens with two attached hydrogens (primary N) is 2. The van der Waals surface area contributed by atoms with Crippen molar-refractivity contribution in [2.45, 2.75) is 43.9 Å². The molecule has 0 radical (unpaired) electrons. The highest BCUT2D eigenvalue weighted by Gasteiger charge is 2.40. The molecule has 0 aromatic carbocycles. The number of hydrogen-bond donors (Lipinski definition) is 4. The Balaban J connectivity index is 2.15. The molecule has 1 aromatic heterocycles. The predicted molar refractivity (Wildman–Crippen MR) is 88.6 cm³/mol. The van der Waals surface area contributed by atoms with Crippen LogP contribution < -0.4 is 22.7 Å². The standard InChI is InChI=1S/C15H23N5O5/c1-15(25)5-7-19(12(22)3-2-9(16)13(17)23)8-10(15)20-6-4-11(21)18-14(20)24/h4,6,9-10,25H,2-3,5,7-8,16H2,1H3,(H2,17,23)(H,18,21,24)/t9-,10+,15+/m0/s1. The summed E-state index contributed by atoms with van der Waals surface area (Å²) in [4.78, 5) is 50.2. The van der Waals surface area contributed by atoms with Gasteiger partial charge in [-0.25, -0.2) is 4.79 Å². The lowest BCUT2D eigenvalue weighted by Crippen LogP contribution is -2.55. The van der Waals surface area contributed by atoms with Gasteiger partial charge in [-0.3, -0.25) is 23.9 Å². The van der Waals surface area contributed by atoms with Crippen molar-refractivity contribution in [3.63, 3.8) is 0 Å². The highest BCUT2D eigenvalue weighted by molar-refractivity contribution is 5.81. The highest BCUT2D eigenvalue weighted by Crippen LogP contribution is 2.30. The molecule has 0 bridgehead atoms. The second-order valence-electron chi connectivity index (χ2n) is 6.53. The normalized spacial score (nSPS) is 24.8. The number of piperidine rings is 1. The van der Waals surface area contributed by atoms with Crippen molar-refractivity contribution in [2.75, 3.05) is 13.1 Å². The van der Waals surface area contributed by atoms with Gasteiger partial charge in [0.1, 0.15) is 0 Å². The van der Waals surface area contributed by atoms with E-state index in [2.05, 4.69) is 4.98 Å². The Morgan fingerprint density at radius 3 is 2.76 bits per heavy atom. The van der Waals surface area contributed by atoms with Gasteiger partial charge in [-0.15, -0.1) is 0 Å². The molecule has 6 N–H and O–H groups in total. The molecular formula is C15H23N5O5. The van der Waals surface area contributed by atoms with Gasteiger partial charge in [0.05, 0.1) is 17.7 Å². The molecule has 1 fully saturated rings. The first-order valence-corrected chi connectivity index (χ1v) is 7.98. The Hall–Kier alpha value is -2.46. The number of carbonyl (C=O) groups is 2. The molecule has 2 heterocycles. The van der Waals surface area contributed by atoms with E-state index >= 15 is 0 Å². The smallest absolute Gasteiger partial charge is 0.328 e. The Kier molecular flexibility index (Phi) is 5.43. The van der Waals surface area contributed by atoms with Gasteiger partial charge in [0, 0.05) is 31.8 Å². The van der Waals surface area contributed by atoms with E-state index in [9.17, 15) is 24.3 Å². The number of nitrogens with one attached hydrogen (secondary N) is 1. The third-order valence-corrected chi connectivity index (χ3v) is 4.57. The number of hydrogen-bond acceptors (Lipinski definition) is 6. The molecule has 0 saturated carbocycles. The molecule has 10 heteroatoms. The summed E-state index contributed by atoms with van der Waals surface area (Å²) in [5.41, 5.74) is 8.19. The van der Waals surface area contributed by atoms with Gasteiger partial charge in [-0.05, 0) is 19.8 Å². The van der Waals surface area contributed by atoms with Crippen molar-refractivity contribution in [3.8, 4) is 0 Å². The number of aromatic amines is 1. The first-order chi connectivity index (χ1) is 11.6. The zero-order chi connectivity index (χ0) is 18.8. The molecule has 1 aliphatic heterocycles. The number of nitrogens with zero attached hydrogens (tertiary/aromatic N) is 2. The van der Waals surface area contributed by atoms with Crippen molar-refractivity contribution in [2.24, 2.45) is 11.5 Å². The van der Waals surface area contributed by atoms with Crippen molar-refractivity contribution in [3.05, 3.63) is 33.1 Å². The average molecular weight is 353 g/mol. The number of primary amides is 1. The van der Waals surface area contributed by atoms with E-state index < -0.39 is 34.8 Å². The minimum atomic E-state index is -1.22. The average Bonchev–Trinajstić information content (AvgIpc) is 2.52. The molecule has 25 heavy (non-hydrogen) atoms. The van der Waals surface area contributed by atoms with E-state index in [1.54, 1.807) is 6.92 Å². The lowest BCUT2D eigenvalue weighted by atomic mass is 9.88. The second kappa shape index (κ2) is 7.19. The topological polar surface area (TPSA) is 165 Å². The van der Waals surface area contributed by atoms with Crippen LogP contribution in [0.1, 0.15) is 32.2 Å². The van der Waals surface area contributed by atoms with Crippen LogP contribution in [0, 0.1) is 0 Å². The first kappa shape index (κ1) is 18.9. The number of aliphatic hydroxyl groups is 1. The molecule has 0 aliphatic carbocycles. The van der Waals surface area contributed by atoms with Crippen LogP contribution in [0.2, 0.25) is 0 Å². The fourth-order valence-corrected chi connectivity index (χ4v) is 2.89. The monoisotopic (exact) mass is 353 g/mol. The molecule has 2 rings (SSSR count). The molecule has 3 atom stereocenters. The number of aromatic nitrogens is 2. The zero-order valence-corrected chi connectivity index (χ0v) is 14.0. The number of rotatable bonds is 5. The zero-order valence-electron chi connectivity index (χ0n) is 14.0. The van der Waals surface area contributed by atoms with Gasteiger partial charge in [-0.2, -0.15) is 0 Å². The maximum absolute atomic E-state index is 12.3. The third kappa shape index (κ3) is 4.34. The maximum atomic E-state index is 12.3. The van der Waals surface area contributed by atoms with Gasteiger partial charge >= 0.3 is 5.69 Å². The van der Waals surface area contributed by atoms with E-state index in [1.807, 2.05) is 0 Å². The molecule has 0 unspecified atom stereocenters. The first-order valence-electron chi connectivity index (χ1n) is 7.98. The van der Waals surface area contributed by atoms with Gasteiger partial charge in [0.15, 0.2) is 0 Å². The Labute approximate surface area is 143 Å². The van der Waals surface area contributed by atoms with Crippen LogP contribution >= 0.6 is 0 Å². The molecular weight excluding hydrogens is 330 g/mol. The van der Waals surface area contributed by atoms with Crippen molar-refractivity contribution < 1.29 is 14.7 Å². The van der Waals surface area contributed by atoms with Gasteiger partial charge < -0.3 is 21.5 Å². The van der Waals surface area contributed by atoms with E-state index in [1.165, 1.54) is 21.7 Å². The van der Waals surface area contributed by atoms with Crippen LogP contribution in [0.4, 0.5) is 0 Å². The van der Waals surface area contributed by atoms with Gasteiger partial charge in [0.2, 0.25) is 11.8 Å². The molecule has 2 amide bonds. The molecule has 1 saturated heterocycles. The summed E-state index contributed by atoms with van der Waals surface area (Å²) < 4.78 is 1.22. The third-order valence-electron chi connectivity index (χ3n) is 4.57. The molecule has 1 aromatic rings. The number of carbonyl (C=O) groups excluding carboxylic acids is 2. The summed E-state index contributed by atoms with van der Waals surface area (Å²) in [6.07, 6.45) is 1.73. The Morgan fingerprint density at radius 2 is 2.16 bits per heavy atom. The van der Waals surface area contributed by atoms with Crippen molar-refractivity contribution in [1.82, 2.24) is 14.5 Å². The predicted octanol–water partition coefficient (Wildman–Crippen LogP) is -2.35. The SMILES string of the molecule is C[C@@]1(O)CCN(C(=O)CC[C@H](N)C(N)=O)C[C@H]1n1ccc(=O)[nH]c1=O. The Morgan fingerprint density at radius 1 is 1.48 bits per heavy atom. The Bertz CT molecular complexity index is 768. The summed E-state index contributed by atoms with van der Waals surface area (Å²) in [5.74, 6) is -0.915.